The highest BCUT2D eigenvalue weighted by atomic mass is 15.0. The number of nitrogens with zero attached hydrogens (tertiary/aromatic N) is 1. The molecule has 0 spiro atoms. The highest BCUT2D eigenvalue weighted by molar-refractivity contribution is 5.34. The first-order valence-electron chi connectivity index (χ1n) is 7.10. The lowest BCUT2D eigenvalue weighted by Gasteiger charge is -2.18. The van der Waals surface area contributed by atoms with Gasteiger partial charge in [0.2, 0.25) is 0 Å². The summed E-state index contributed by atoms with van der Waals surface area (Å²) in [6.07, 6.45) is 6.48. The Kier molecular flexibility index (Phi) is 5.42. The van der Waals surface area contributed by atoms with Crippen LogP contribution in [0.2, 0.25) is 0 Å². The standard InChI is InChI=1S/C17H22N2/c1-2-8-16(19-17-11-6-7-14-18-17)13-12-15-9-4-3-5-10-15/h3-7,9-11,14,16H,2,8,12-13H2,1H3,(H,18,19). The minimum atomic E-state index is 0.500. The van der Waals surface area contributed by atoms with Gasteiger partial charge in [-0.1, -0.05) is 49.7 Å². The Balaban J connectivity index is 1.89. The molecule has 2 rings (SSSR count). The lowest BCUT2D eigenvalue weighted by molar-refractivity contribution is 0.592. The van der Waals surface area contributed by atoms with Crippen LogP contribution in [0.25, 0.3) is 0 Å². The molecule has 0 radical (unpaired) electrons. The number of rotatable bonds is 7. The Labute approximate surface area is 115 Å². The van der Waals surface area contributed by atoms with E-state index in [1.807, 2.05) is 24.4 Å². The van der Waals surface area contributed by atoms with Crippen LogP contribution in [0, 0.1) is 0 Å². The van der Waals surface area contributed by atoms with Crippen molar-refractivity contribution in [1.29, 1.82) is 0 Å². The van der Waals surface area contributed by atoms with Crippen molar-refractivity contribution in [2.75, 3.05) is 5.32 Å². The van der Waals surface area contributed by atoms with E-state index in [2.05, 4.69) is 47.6 Å². The third-order valence-corrected chi connectivity index (χ3v) is 3.28. The van der Waals surface area contributed by atoms with Crippen LogP contribution in [-0.2, 0) is 6.42 Å². The summed E-state index contributed by atoms with van der Waals surface area (Å²) < 4.78 is 0. The zero-order valence-electron chi connectivity index (χ0n) is 11.5. The van der Waals surface area contributed by atoms with Crippen LogP contribution in [0.1, 0.15) is 31.7 Å². The van der Waals surface area contributed by atoms with Crippen LogP contribution in [0.4, 0.5) is 5.82 Å². The molecule has 1 heterocycles. The van der Waals surface area contributed by atoms with Crippen molar-refractivity contribution >= 4 is 5.82 Å². The molecule has 1 aromatic heterocycles. The van der Waals surface area contributed by atoms with Crippen LogP contribution in [0.3, 0.4) is 0 Å². The SMILES string of the molecule is CCCC(CCc1ccccc1)Nc1ccccn1. The van der Waals surface area contributed by atoms with E-state index in [9.17, 15) is 0 Å². The van der Waals surface area contributed by atoms with Crippen LogP contribution >= 0.6 is 0 Å². The van der Waals surface area contributed by atoms with E-state index in [1.165, 1.54) is 18.4 Å². The fourth-order valence-corrected chi connectivity index (χ4v) is 2.28. The molecule has 0 aliphatic rings. The third kappa shape index (κ3) is 4.74. The number of benzene rings is 1. The summed E-state index contributed by atoms with van der Waals surface area (Å²) in [6.45, 7) is 2.23. The molecule has 0 saturated carbocycles. The molecule has 2 nitrogen and oxygen atoms in total. The number of aryl methyl sites for hydroxylation is 1. The molecule has 0 aliphatic heterocycles. The van der Waals surface area contributed by atoms with Gasteiger partial charge in [-0.3, -0.25) is 0 Å². The molecule has 1 unspecified atom stereocenters. The molecule has 0 fully saturated rings. The minimum Gasteiger partial charge on any atom is -0.367 e. The molecule has 2 aromatic rings. The molecule has 1 aromatic carbocycles. The smallest absolute Gasteiger partial charge is 0.126 e. The first kappa shape index (κ1) is 13.6. The van der Waals surface area contributed by atoms with Gasteiger partial charge in [0.15, 0.2) is 0 Å². The molecule has 0 bridgehead atoms. The molecule has 1 N–H and O–H groups in total. The second kappa shape index (κ2) is 7.57. The third-order valence-electron chi connectivity index (χ3n) is 3.28. The fraction of sp³-hybridized carbons (Fsp3) is 0.353. The average Bonchev–Trinajstić information content (AvgIpc) is 2.47. The second-order valence-electron chi connectivity index (χ2n) is 4.87. The monoisotopic (exact) mass is 254 g/mol. The topological polar surface area (TPSA) is 24.9 Å². The van der Waals surface area contributed by atoms with Gasteiger partial charge in [0.05, 0.1) is 0 Å². The van der Waals surface area contributed by atoms with Crippen molar-refractivity contribution in [1.82, 2.24) is 4.98 Å². The number of anilines is 1. The van der Waals surface area contributed by atoms with Crippen molar-refractivity contribution < 1.29 is 0 Å². The second-order valence-corrected chi connectivity index (χ2v) is 4.87. The minimum absolute atomic E-state index is 0.500. The highest BCUT2D eigenvalue weighted by Gasteiger charge is 2.08. The van der Waals surface area contributed by atoms with E-state index >= 15 is 0 Å². The maximum atomic E-state index is 4.34. The first-order chi connectivity index (χ1) is 9.38. The molecule has 1 atom stereocenters. The maximum absolute atomic E-state index is 4.34. The quantitative estimate of drug-likeness (QED) is 0.797. The van der Waals surface area contributed by atoms with Gasteiger partial charge in [-0.05, 0) is 37.0 Å². The van der Waals surface area contributed by atoms with Gasteiger partial charge in [0.1, 0.15) is 5.82 Å². The number of hydrogen-bond donors (Lipinski definition) is 1. The zero-order valence-corrected chi connectivity index (χ0v) is 11.5. The molecule has 0 aliphatic carbocycles. The Morgan fingerprint density at radius 1 is 1.00 bits per heavy atom. The van der Waals surface area contributed by atoms with Crippen LogP contribution in [-0.4, -0.2) is 11.0 Å². The lowest BCUT2D eigenvalue weighted by Crippen LogP contribution is -2.20. The van der Waals surface area contributed by atoms with Gasteiger partial charge in [0.25, 0.3) is 0 Å². The molecular weight excluding hydrogens is 232 g/mol. The van der Waals surface area contributed by atoms with E-state index in [-0.39, 0.29) is 0 Å². The van der Waals surface area contributed by atoms with E-state index < -0.39 is 0 Å². The fourth-order valence-electron chi connectivity index (χ4n) is 2.28. The molecule has 0 saturated heterocycles. The van der Waals surface area contributed by atoms with E-state index in [4.69, 9.17) is 0 Å². The van der Waals surface area contributed by atoms with Crippen molar-refractivity contribution in [3.05, 3.63) is 60.3 Å². The molecule has 2 heteroatoms. The molecule has 100 valence electrons. The van der Waals surface area contributed by atoms with Crippen LogP contribution < -0.4 is 5.32 Å². The van der Waals surface area contributed by atoms with Crippen LogP contribution in [0.5, 0.6) is 0 Å². The summed E-state index contributed by atoms with van der Waals surface area (Å²) >= 11 is 0. The Hall–Kier alpha value is -1.83. The first-order valence-corrected chi connectivity index (χ1v) is 7.10. The Morgan fingerprint density at radius 3 is 2.47 bits per heavy atom. The Bertz CT molecular complexity index is 453. The largest absolute Gasteiger partial charge is 0.367 e. The predicted molar refractivity (Wildman–Crippen MR) is 81.3 cm³/mol. The highest BCUT2D eigenvalue weighted by Crippen LogP contribution is 2.13. The average molecular weight is 254 g/mol. The van der Waals surface area contributed by atoms with E-state index in [0.717, 1.165) is 18.7 Å². The van der Waals surface area contributed by atoms with Gasteiger partial charge < -0.3 is 5.32 Å². The molecular formula is C17H22N2. The summed E-state index contributed by atoms with van der Waals surface area (Å²) in [5, 5.41) is 3.54. The summed E-state index contributed by atoms with van der Waals surface area (Å²) in [5.74, 6) is 0.981. The van der Waals surface area contributed by atoms with Crippen molar-refractivity contribution in [2.45, 2.75) is 38.6 Å². The molecule has 19 heavy (non-hydrogen) atoms. The summed E-state index contributed by atoms with van der Waals surface area (Å²) in [7, 11) is 0. The number of pyridine rings is 1. The molecule has 0 amide bonds. The van der Waals surface area contributed by atoms with Gasteiger partial charge >= 0.3 is 0 Å². The van der Waals surface area contributed by atoms with Gasteiger partial charge in [-0.25, -0.2) is 4.98 Å². The number of aromatic nitrogens is 1. The van der Waals surface area contributed by atoms with Crippen molar-refractivity contribution in [2.24, 2.45) is 0 Å². The summed E-state index contributed by atoms with van der Waals surface area (Å²) in [5.41, 5.74) is 1.41. The van der Waals surface area contributed by atoms with Gasteiger partial charge in [-0.15, -0.1) is 0 Å². The van der Waals surface area contributed by atoms with E-state index in [0.29, 0.717) is 6.04 Å². The van der Waals surface area contributed by atoms with Crippen molar-refractivity contribution in [3.63, 3.8) is 0 Å². The number of hydrogen-bond acceptors (Lipinski definition) is 2. The summed E-state index contributed by atoms with van der Waals surface area (Å²) in [6, 6.07) is 17.2. The maximum Gasteiger partial charge on any atom is 0.126 e. The van der Waals surface area contributed by atoms with Gasteiger partial charge in [0, 0.05) is 12.2 Å². The zero-order chi connectivity index (χ0) is 13.3. The Morgan fingerprint density at radius 2 is 1.79 bits per heavy atom. The number of nitrogens with one attached hydrogen (secondary N) is 1. The van der Waals surface area contributed by atoms with Gasteiger partial charge in [-0.2, -0.15) is 0 Å². The van der Waals surface area contributed by atoms with Crippen LogP contribution in [0.15, 0.2) is 54.7 Å². The normalized spacial score (nSPS) is 12.1. The summed E-state index contributed by atoms with van der Waals surface area (Å²) in [4.78, 5) is 4.34. The van der Waals surface area contributed by atoms with Crippen molar-refractivity contribution in [3.8, 4) is 0 Å². The predicted octanol–water partition coefficient (Wildman–Crippen LogP) is 4.30. The van der Waals surface area contributed by atoms with E-state index in [1.54, 1.807) is 0 Å². The lowest BCUT2D eigenvalue weighted by atomic mass is 10.0.